The van der Waals surface area contributed by atoms with Gasteiger partial charge in [-0.25, -0.2) is 4.98 Å². The number of likely N-dealkylation sites (N-methyl/N-ethyl adjacent to an activating group) is 1. The van der Waals surface area contributed by atoms with Gasteiger partial charge in [0.25, 0.3) is 0 Å². The molecule has 4 heterocycles. The molecule has 1 fully saturated rings. The third-order valence-electron chi connectivity index (χ3n) is 6.32. The van der Waals surface area contributed by atoms with Gasteiger partial charge in [-0.1, -0.05) is 0 Å². The first-order valence-electron chi connectivity index (χ1n) is 11.4. The van der Waals surface area contributed by atoms with Crippen LogP contribution < -0.4 is 5.32 Å². The summed E-state index contributed by atoms with van der Waals surface area (Å²) < 4.78 is 0. The Bertz CT molecular complexity index is 1370. The largest absolute Gasteiger partial charge is 0.361 e. The van der Waals surface area contributed by atoms with Crippen molar-refractivity contribution in [2.75, 3.05) is 38.5 Å². The monoisotopic (exact) mass is 469 g/mol. The number of thiazole rings is 1. The minimum absolute atomic E-state index is 0.505. The zero-order chi connectivity index (χ0) is 23.5. The van der Waals surface area contributed by atoms with E-state index in [1.807, 2.05) is 30.5 Å². The van der Waals surface area contributed by atoms with Gasteiger partial charge in [0, 0.05) is 78.8 Å². The number of nitriles is 1. The molecular weight excluding hydrogens is 442 g/mol. The number of H-pyrrole nitrogens is 1. The molecule has 0 unspecified atom stereocenters. The average Bonchev–Trinajstić information content (AvgIpc) is 3.51. The van der Waals surface area contributed by atoms with Crippen LogP contribution in [0.3, 0.4) is 0 Å². The second kappa shape index (κ2) is 9.77. The molecule has 0 bridgehead atoms. The lowest BCUT2D eigenvalue weighted by molar-refractivity contribution is 0.147. The van der Waals surface area contributed by atoms with Crippen molar-refractivity contribution in [3.05, 3.63) is 69.6 Å². The highest BCUT2D eigenvalue weighted by Gasteiger charge is 2.15. The third kappa shape index (κ3) is 4.73. The topological polar surface area (TPSA) is 83.9 Å². The van der Waals surface area contributed by atoms with Crippen LogP contribution in [0.4, 0.5) is 11.4 Å². The van der Waals surface area contributed by atoms with Crippen molar-refractivity contribution in [2.45, 2.75) is 13.5 Å². The Hall–Kier alpha value is -3.51. The third-order valence-corrected chi connectivity index (χ3v) is 7.17. The molecular formula is C26H27N7S. The number of piperazine rings is 1. The molecule has 0 amide bonds. The van der Waals surface area contributed by atoms with Crippen LogP contribution >= 0.6 is 11.3 Å². The molecule has 172 valence electrons. The van der Waals surface area contributed by atoms with Crippen LogP contribution in [0.15, 0.2) is 42.2 Å². The number of rotatable bonds is 6. The summed E-state index contributed by atoms with van der Waals surface area (Å²) in [4.78, 5) is 17.1. The molecule has 3 aromatic heterocycles. The fourth-order valence-corrected chi connectivity index (χ4v) is 4.95. The second-order valence-corrected chi connectivity index (χ2v) is 9.54. The van der Waals surface area contributed by atoms with Gasteiger partial charge in [0.05, 0.1) is 16.9 Å². The molecule has 0 atom stereocenters. The van der Waals surface area contributed by atoms with Gasteiger partial charge < -0.3 is 15.2 Å². The van der Waals surface area contributed by atoms with Crippen molar-refractivity contribution in [3.8, 4) is 6.07 Å². The lowest BCUT2D eigenvalue weighted by Gasteiger charge is -2.31. The van der Waals surface area contributed by atoms with Gasteiger partial charge in [-0.2, -0.15) is 5.26 Å². The minimum atomic E-state index is 0.505. The van der Waals surface area contributed by atoms with E-state index >= 15 is 0 Å². The number of anilines is 2. The Kier molecular flexibility index (Phi) is 6.41. The standard InChI is InChI=1S/C26H27N7S/c1-18-22-7-8-29-24(22)5-4-23(18)31-26-19(14-28-15-20(26)13-27)3-6-25-30-21(17-34-25)16-33-11-9-32(2)10-12-33/h3-8,14-15,17,29H,9-12,16H2,1-2H3,(H,28,31). The van der Waals surface area contributed by atoms with Crippen LogP contribution in [0.25, 0.3) is 23.1 Å². The van der Waals surface area contributed by atoms with Crippen LogP contribution in [0.2, 0.25) is 0 Å². The number of benzene rings is 1. The number of aryl methyl sites for hydroxylation is 1. The van der Waals surface area contributed by atoms with E-state index in [0.29, 0.717) is 5.56 Å². The number of aromatic nitrogens is 3. The Balaban J connectivity index is 1.37. The Morgan fingerprint density at radius 2 is 2.03 bits per heavy atom. The lowest BCUT2D eigenvalue weighted by atomic mass is 10.1. The molecule has 0 saturated carbocycles. The second-order valence-electron chi connectivity index (χ2n) is 8.65. The highest BCUT2D eigenvalue weighted by molar-refractivity contribution is 7.10. The van der Waals surface area contributed by atoms with E-state index in [0.717, 1.165) is 76.8 Å². The number of aromatic amines is 1. The Morgan fingerprint density at radius 3 is 2.85 bits per heavy atom. The molecule has 1 aliphatic rings. The molecule has 8 heteroatoms. The summed E-state index contributed by atoms with van der Waals surface area (Å²) in [5.41, 5.74) is 6.40. The number of hydrogen-bond acceptors (Lipinski definition) is 7. The van der Waals surface area contributed by atoms with Gasteiger partial charge in [0.2, 0.25) is 0 Å². The van der Waals surface area contributed by atoms with E-state index in [2.05, 4.69) is 56.6 Å². The van der Waals surface area contributed by atoms with Crippen molar-refractivity contribution in [1.82, 2.24) is 24.8 Å². The summed E-state index contributed by atoms with van der Waals surface area (Å²) in [5.74, 6) is 0. The van der Waals surface area contributed by atoms with E-state index in [4.69, 9.17) is 4.98 Å². The van der Waals surface area contributed by atoms with Crippen molar-refractivity contribution >= 4 is 45.8 Å². The number of nitrogens with zero attached hydrogens (tertiary/aromatic N) is 5. The maximum absolute atomic E-state index is 9.71. The smallest absolute Gasteiger partial charge is 0.116 e. The summed E-state index contributed by atoms with van der Waals surface area (Å²) in [6.45, 7) is 7.33. The van der Waals surface area contributed by atoms with Crippen molar-refractivity contribution in [3.63, 3.8) is 0 Å². The Labute approximate surface area is 203 Å². The van der Waals surface area contributed by atoms with Gasteiger partial charge in [-0.05, 0) is 49.9 Å². The van der Waals surface area contributed by atoms with Gasteiger partial charge in [0.1, 0.15) is 11.1 Å². The van der Waals surface area contributed by atoms with Gasteiger partial charge in [0.15, 0.2) is 0 Å². The maximum atomic E-state index is 9.71. The molecule has 2 N–H and O–H groups in total. The highest BCUT2D eigenvalue weighted by Crippen LogP contribution is 2.31. The van der Waals surface area contributed by atoms with Crippen molar-refractivity contribution in [1.29, 1.82) is 5.26 Å². The zero-order valence-electron chi connectivity index (χ0n) is 19.4. The molecule has 1 aromatic carbocycles. The summed E-state index contributed by atoms with van der Waals surface area (Å²) in [5, 5.41) is 17.4. The fraction of sp³-hybridized carbons (Fsp3) is 0.269. The average molecular weight is 470 g/mol. The minimum Gasteiger partial charge on any atom is -0.361 e. The predicted molar refractivity (Wildman–Crippen MR) is 139 cm³/mol. The maximum Gasteiger partial charge on any atom is 0.116 e. The van der Waals surface area contributed by atoms with Crippen LogP contribution in [0, 0.1) is 18.3 Å². The molecule has 1 saturated heterocycles. The van der Waals surface area contributed by atoms with Gasteiger partial charge >= 0.3 is 0 Å². The molecule has 0 aliphatic carbocycles. The predicted octanol–water partition coefficient (Wildman–Crippen LogP) is 4.86. The van der Waals surface area contributed by atoms with Gasteiger partial charge in [-0.3, -0.25) is 9.88 Å². The van der Waals surface area contributed by atoms with Crippen molar-refractivity contribution < 1.29 is 0 Å². The molecule has 34 heavy (non-hydrogen) atoms. The molecule has 1 aliphatic heterocycles. The van der Waals surface area contributed by atoms with E-state index in [9.17, 15) is 5.26 Å². The molecule has 0 spiro atoms. The normalized spacial score (nSPS) is 15.2. The first kappa shape index (κ1) is 22.3. The van der Waals surface area contributed by atoms with Crippen LogP contribution in [0.1, 0.15) is 27.4 Å². The quantitative estimate of drug-likeness (QED) is 0.420. The number of pyridine rings is 1. The highest BCUT2D eigenvalue weighted by atomic mass is 32.1. The fourth-order valence-electron chi connectivity index (χ4n) is 4.25. The SMILES string of the molecule is Cc1c(Nc2c(C#N)cncc2C=Cc2nc(CN3CCN(C)CC3)cs2)ccc2[nH]ccc12. The Morgan fingerprint density at radius 1 is 1.18 bits per heavy atom. The van der Waals surface area contributed by atoms with Crippen LogP contribution in [-0.2, 0) is 6.54 Å². The molecule has 7 nitrogen and oxygen atoms in total. The molecule has 5 rings (SSSR count). The van der Waals surface area contributed by atoms with E-state index in [1.54, 1.807) is 23.7 Å². The zero-order valence-corrected chi connectivity index (χ0v) is 20.2. The molecule has 0 radical (unpaired) electrons. The first-order chi connectivity index (χ1) is 16.6. The number of hydrogen-bond donors (Lipinski definition) is 2. The number of fused-ring (bicyclic) bond motifs is 1. The van der Waals surface area contributed by atoms with Crippen LogP contribution in [-0.4, -0.2) is 58.0 Å². The van der Waals surface area contributed by atoms with E-state index < -0.39 is 0 Å². The molecule has 4 aromatic rings. The lowest BCUT2D eigenvalue weighted by Crippen LogP contribution is -2.43. The summed E-state index contributed by atoms with van der Waals surface area (Å²) in [6.07, 6.45) is 9.31. The summed E-state index contributed by atoms with van der Waals surface area (Å²) in [7, 11) is 2.17. The van der Waals surface area contributed by atoms with Gasteiger partial charge in [-0.15, -0.1) is 11.3 Å². The van der Waals surface area contributed by atoms with Crippen molar-refractivity contribution in [2.24, 2.45) is 0 Å². The van der Waals surface area contributed by atoms with E-state index in [1.165, 1.54) is 0 Å². The van der Waals surface area contributed by atoms with E-state index in [-0.39, 0.29) is 0 Å². The summed E-state index contributed by atoms with van der Waals surface area (Å²) in [6, 6.07) is 8.42. The number of nitrogens with one attached hydrogen (secondary N) is 2. The first-order valence-corrected chi connectivity index (χ1v) is 12.2. The van der Waals surface area contributed by atoms with Crippen LogP contribution in [0.5, 0.6) is 0 Å². The summed E-state index contributed by atoms with van der Waals surface area (Å²) >= 11 is 1.64.